The summed E-state index contributed by atoms with van der Waals surface area (Å²) in [7, 11) is 0. The summed E-state index contributed by atoms with van der Waals surface area (Å²) in [5, 5.41) is 19.2. The van der Waals surface area contributed by atoms with Crippen molar-refractivity contribution in [2.45, 2.75) is 44.6 Å². The zero-order valence-corrected chi connectivity index (χ0v) is 12.8. The summed E-state index contributed by atoms with van der Waals surface area (Å²) < 4.78 is 0. The van der Waals surface area contributed by atoms with E-state index in [1.807, 2.05) is 0 Å². The molecule has 8 nitrogen and oxygen atoms in total. The predicted octanol–water partition coefficient (Wildman–Crippen LogP) is -0.634. The van der Waals surface area contributed by atoms with Crippen molar-refractivity contribution in [3.63, 3.8) is 0 Å². The largest absolute Gasteiger partial charge is 0.480 e. The predicted molar refractivity (Wildman–Crippen MR) is 83.2 cm³/mol. The average Bonchev–Trinajstić information content (AvgIpc) is 2.50. The number of carboxylic acid groups (broad SMARTS) is 1. The number of carbonyl (C=O) groups excluding carboxylic acids is 1. The molecule has 9 N–H and O–H groups in total. The Hall–Kier alpha value is -1.67. The van der Waals surface area contributed by atoms with Gasteiger partial charge in [0.15, 0.2) is 11.7 Å². The van der Waals surface area contributed by atoms with Crippen LogP contribution in [0, 0.1) is 16.7 Å². The lowest BCUT2D eigenvalue weighted by molar-refractivity contribution is -0.158. The van der Waals surface area contributed by atoms with E-state index in [9.17, 15) is 14.7 Å². The lowest BCUT2D eigenvalue weighted by Gasteiger charge is -2.36. The van der Waals surface area contributed by atoms with Crippen LogP contribution >= 0.6 is 0 Å². The fourth-order valence-corrected chi connectivity index (χ4v) is 3.00. The molecule has 8 heteroatoms. The summed E-state index contributed by atoms with van der Waals surface area (Å²) in [6.45, 7) is 0.957. The Kier molecular flexibility index (Phi) is 6.76. The first-order chi connectivity index (χ1) is 10.3. The fraction of sp³-hybridized carbons (Fsp3) is 0.786. The molecule has 0 unspecified atom stereocenters. The minimum atomic E-state index is -1.36. The van der Waals surface area contributed by atoms with Crippen molar-refractivity contribution in [3.8, 4) is 0 Å². The Morgan fingerprint density at radius 3 is 2.41 bits per heavy atom. The quantitative estimate of drug-likeness (QED) is 0.150. The third-order valence-electron chi connectivity index (χ3n) is 4.52. The van der Waals surface area contributed by atoms with E-state index in [1.165, 1.54) is 0 Å². The topological polar surface area (TPSA) is 168 Å². The maximum Gasteiger partial charge on any atom is 0.317 e. The van der Waals surface area contributed by atoms with Crippen LogP contribution in [0.5, 0.6) is 0 Å². The van der Waals surface area contributed by atoms with Crippen LogP contribution in [0.3, 0.4) is 0 Å². The molecule has 1 aliphatic rings. The van der Waals surface area contributed by atoms with Crippen LogP contribution in [0.1, 0.15) is 38.5 Å². The van der Waals surface area contributed by atoms with Crippen molar-refractivity contribution >= 4 is 17.7 Å². The molecule has 22 heavy (non-hydrogen) atoms. The summed E-state index contributed by atoms with van der Waals surface area (Å²) >= 11 is 0. The molecule has 1 aliphatic carbocycles. The van der Waals surface area contributed by atoms with E-state index in [-0.39, 0.29) is 11.9 Å². The van der Waals surface area contributed by atoms with Gasteiger partial charge in [-0.1, -0.05) is 0 Å². The third-order valence-corrected chi connectivity index (χ3v) is 4.52. The van der Waals surface area contributed by atoms with Gasteiger partial charge in [0, 0.05) is 6.54 Å². The number of aliphatic carboxylic acids is 1. The number of nitrogens with one attached hydrogen (secondary N) is 2. The highest BCUT2D eigenvalue weighted by molar-refractivity contribution is 6.05. The van der Waals surface area contributed by atoms with Crippen LogP contribution in [0.15, 0.2) is 0 Å². The normalized spacial score (nSPS) is 26.2. The van der Waals surface area contributed by atoms with Gasteiger partial charge >= 0.3 is 5.97 Å². The van der Waals surface area contributed by atoms with Gasteiger partial charge in [-0.3, -0.25) is 15.0 Å². The molecule has 0 aromatic rings. The Balaban J connectivity index is 2.61. The number of hydrogen-bond donors (Lipinski definition) is 6. The van der Waals surface area contributed by atoms with E-state index in [0.717, 1.165) is 0 Å². The molecule has 0 spiro atoms. The number of carboxylic acids is 1. The summed E-state index contributed by atoms with van der Waals surface area (Å²) in [5.74, 6) is -1.32. The molecular formula is C14H27N5O3. The Morgan fingerprint density at radius 1 is 1.36 bits per heavy atom. The second-order valence-electron chi connectivity index (χ2n) is 6.02. The van der Waals surface area contributed by atoms with Crippen molar-refractivity contribution in [2.24, 2.45) is 28.5 Å². The lowest BCUT2D eigenvalue weighted by atomic mass is 9.66. The number of nitrogens with two attached hydrogens (primary N) is 3. The first-order valence-electron chi connectivity index (χ1n) is 7.64. The highest BCUT2D eigenvalue weighted by Crippen LogP contribution is 2.40. The minimum absolute atomic E-state index is 0.137. The van der Waals surface area contributed by atoms with Gasteiger partial charge in [0.05, 0.1) is 6.04 Å². The van der Waals surface area contributed by atoms with Crippen LogP contribution in [-0.2, 0) is 9.59 Å². The molecule has 1 atom stereocenters. The summed E-state index contributed by atoms with van der Waals surface area (Å²) in [5.41, 5.74) is 15.3. The van der Waals surface area contributed by atoms with Crippen LogP contribution in [0.2, 0.25) is 0 Å². The zero-order chi connectivity index (χ0) is 16.8. The highest BCUT2D eigenvalue weighted by Gasteiger charge is 2.49. The fourth-order valence-electron chi connectivity index (χ4n) is 3.00. The Bertz CT molecular complexity index is 419. The van der Waals surface area contributed by atoms with E-state index >= 15 is 0 Å². The molecule has 0 aliphatic heterocycles. The second-order valence-corrected chi connectivity index (χ2v) is 6.02. The first-order valence-corrected chi connectivity index (χ1v) is 7.64. The van der Waals surface area contributed by atoms with Gasteiger partial charge in [0.2, 0.25) is 0 Å². The molecule has 1 fully saturated rings. The number of rotatable bonds is 8. The van der Waals surface area contributed by atoms with Gasteiger partial charge in [-0.15, -0.1) is 0 Å². The van der Waals surface area contributed by atoms with Crippen molar-refractivity contribution in [3.05, 3.63) is 0 Å². The van der Waals surface area contributed by atoms with Crippen LogP contribution in [-0.4, -0.2) is 41.9 Å². The van der Waals surface area contributed by atoms with Gasteiger partial charge in [0.1, 0.15) is 5.41 Å². The van der Waals surface area contributed by atoms with Gasteiger partial charge < -0.3 is 27.6 Å². The molecule has 0 aromatic carbocycles. The number of guanidine groups is 1. The minimum Gasteiger partial charge on any atom is -0.480 e. The summed E-state index contributed by atoms with van der Waals surface area (Å²) in [4.78, 5) is 24.2. The number of carbonyl (C=O) groups is 2. The van der Waals surface area contributed by atoms with E-state index in [4.69, 9.17) is 22.6 Å². The maximum absolute atomic E-state index is 12.6. The second kappa shape index (κ2) is 8.09. The van der Waals surface area contributed by atoms with Crippen molar-refractivity contribution in [1.82, 2.24) is 5.32 Å². The Morgan fingerprint density at radius 2 is 1.95 bits per heavy atom. The molecule has 0 aromatic heterocycles. The third kappa shape index (κ3) is 4.41. The number of ketones is 1. The molecule has 1 saturated carbocycles. The Labute approximate surface area is 130 Å². The van der Waals surface area contributed by atoms with Gasteiger partial charge in [-0.25, -0.2) is 0 Å². The molecule has 126 valence electrons. The van der Waals surface area contributed by atoms with E-state index < -0.39 is 23.2 Å². The highest BCUT2D eigenvalue weighted by atomic mass is 16.4. The van der Waals surface area contributed by atoms with Crippen LogP contribution in [0.4, 0.5) is 0 Å². The molecular weight excluding hydrogens is 286 g/mol. The lowest BCUT2D eigenvalue weighted by Crippen LogP contribution is -2.50. The molecule has 0 heterocycles. The maximum atomic E-state index is 12.6. The standard InChI is InChI=1S/C14H27N5O3/c15-8-9-3-5-14(6-4-9,12(21)22)11(20)10(16)2-1-7-19-13(17)18/h9-10H,1-8,15-16H2,(H,21,22)(H4,17,18,19)/t9?,10-,14?/m0/s1. The monoisotopic (exact) mass is 313 g/mol. The van der Waals surface area contributed by atoms with Crippen LogP contribution < -0.4 is 22.5 Å². The van der Waals surface area contributed by atoms with Gasteiger partial charge in [-0.05, 0) is 51.0 Å². The summed E-state index contributed by atoms with van der Waals surface area (Å²) in [6, 6.07) is -0.806. The average molecular weight is 313 g/mol. The summed E-state index contributed by atoms with van der Waals surface area (Å²) in [6.07, 6.45) is 2.83. The van der Waals surface area contributed by atoms with Crippen molar-refractivity contribution in [2.75, 3.05) is 13.1 Å². The molecule has 0 amide bonds. The van der Waals surface area contributed by atoms with E-state index in [1.54, 1.807) is 0 Å². The number of Topliss-reactive ketones (excluding diaryl/α,β-unsaturated/α-hetero) is 1. The van der Waals surface area contributed by atoms with Crippen molar-refractivity contribution < 1.29 is 14.7 Å². The molecule has 1 rings (SSSR count). The van der Waals surface area contributed by atoms with E-state index in [0.29, 0.717) is 51.6 Å². The molecule has 0 bridgehead atoms. The van der Waals surface area contributed by atoms with Gasteiger partial charge in [0.25, 0.3) is 0 Å². The van der Waals surface area contributed by atoms with Gasteiger partial charge in [-0.2, -0.15) is 0 Å². The van der Waals surface area contributed by atoms with E-state index in [2.05, 4.69) is 5.32 Å². The van der Waals surface area contributed by atoms with Crippen molar-refractivity contribution in [1.29, 1.82) is 5.41 Å². The zero-order valence-electron chi connectivity index (χ0n) is 12.8. The molecule has 0 saturated heterocycles. The smallest absolute Gasteiger partial charge is 0.317 e. The van der Waals surface area contributed by atoms with Crippen LogP contribution in [0.25, 0.3) is 0 Å². The molecule has 0 radical (unpaired) electrons. The first kappa shape index (κ1) is 18.4. The SMILES string of the molecule is N=C(N)NCCC[C@H](N)C(=O)C1(C(=O)O)CCC(CN)CC1. The number of hydrogen-bond acceptors (Lipinski definition) is 5.